The lowest BCUT2D eigenvalue weighted by molar-refractivity contribution is -0.159. The van der Waals surface area contributed by atoms with Crippen LogP contribution in [0.5, 0.6) is 0 Å². The van der Waals surface area contributed by atoms with E-state index in [1.165, 1.54) is 6.92 Å². The van der Waals surface area contributed by atoms with Crippen LogP contribution in [0.2, 0.25) is 0 Å². The molecule has 0 aromatic carbocycles. The van der Waals surface area contributed by atoms with Crippen LogP contribution in [0, 0.1) is 11.8 Å². The Labute approximate surface area is 107 Å². The van der Waals surface area contributed by atoms with Crippen LogP contribution in [0.15, 0.2) is 12.2 Å². The van der Waals surface area contributed by atoms with Gasteiger partial charge < -0.3 is 14.3 Å². The van der Waals surface area contributed by atoms with Crippen molar-refractivity contribution < 1.29 is 23.9 Å². The van der Waals surface area contributed by atoms with E-state index in [4.69, 9.17) is 9.47 Å². The molecule has 0 bridgehead atoms. The van der Waals surface area contributed by atoms with Crippen molar-refractivity contribution >= 4 is 18.2 Å². The molecule has 0 spiro atoms. The highest BCUT2D eigenvalue weighted by Crippen LogP contribution is 2.10. The predicted molar refractivity (Wildman–Crippen MR) is 65.7 cm³/mol. The number of hydrogen-bond donors (Lipinski definition) is 0. The standard InChI is InChI=1S/C13H20O5/c1-8(2)12(15)18-10(4)7-17-13(16)11(5)9(3)6-14/h6,9-11H,1,7H2,2-5H3. The number of carbonyl (C=O) groups excluding carboxylic acids is 3. The van der Waals surface area contributed by atoms with Crippen molar-refractivity contribution in [1.82, 2.24) is 0 Å². The lowest BCUT2D eigenvalue weighted by atomic mass is 9.98. The van der Waals surface area contributed by atoms with Crippen molar-refractivity contribution in [3.63, 3.8) is 0 Å². The Morgan fingerprint density at radius 1 is 1.28 bits per heavy atom. The van der Waals surface area contributed by atoms with E-state index in [0.717, 1.165) is 0 Å². The molecule has 0 aromatic heterocycles. The molecule has 0 N–H and O–H groups in total. The summed E-state index contributed by atoms with van der Waals surface area (Å²) in [5.41, 5.74) is 0.288. The molecule has 0 rings (SSSR count). The van der Waals surface area contributed by atoms with Crippen LogP contribution >= 0.6 is 0 Å². The van der Waals surface area contributed by atoms with E-state index in [-0.39, 0.29) is 12.2 Å². The summed E-state index contributed by atoms with van der Waals surface area (Å²) in [7, 11) is 0. The number of esters is 2. The fourth-order valence-corrected chi connectivity index (χ4v) is 0.981. The van der Waals surface area contributed by atoms with E-state index in [0.29, 0.717) is 6.29 Å². The van der Waals surface area contributed by atoms with Crippen LogP contribution in [0.3, 0.4) is 0 Å². The summed E-state index contributed by atoms with van der Waals surface area (Å²) in [5, 5.41) is 0. The van der Waals surface area contributed by atoms with Gasteiger partial charge in [0.25, 0.3) is 0 Å². The molecule has 0 radical (unpaired) electrons. The minimum absolute atomic E-state index is 0.0340. The fourth-order valence-electron chi connectivity index (χ4n) is 0.981. The van der Waals surface area contributed by atoms with E-state index >= 15 is 0 Å². The summed E-state index contributed by atoms with van der Waals surface area (Å²) in [4.78, 5) is 33.2. The van der Waals surface area contributed by atoms with Crippen molar-refractivity contribution in [2.75, 3.05) is 6.61 Å². The highest BCUT2D eigenvalue weighted by atomic mass is 16.6. The summed E-state index contributed by atoms with van der Waals surface area (Å²) in [6.45, 7) is 9.82. The largest absolute Gasteiger partial charge is 0.462 e. The van der Waals surface area contributed by atoms with Gasteiger partial charge in [-0.2, -0.15) is 0 Å². The summed E-state index contributed by atoms with van der Waals surface area (Å²) in [6.07, 6.45) is 0.160. The first-order valence-electron chi connectivity index (χ1n) is 5.78. The first-order valence-corrected chi connectivity index (χ1v) is 5.78. The van der Waals surface area contributed by atoms with E-state index in [1.807, 2.05) is 0 Å². The van der Waals surface area contributed by atoms with E-state index < -0.39 is 29.9 Å². The van der Waals surface area contributed by atoms with Crippen molar-refractivity contribution in [3.05, 3.63) is 12.2 Å². The summed E-state index contributed by atoms with van der Waals surface area (Å²) >= 11 is 0. The molecule has 0 aliphatic rings. The molecule has 0 aromatic rings. The van der Waals surface area contributed by atoms with Crippen LogP contribution in [0.4, 0.5) is 0 Å². The number of rotatable bonds is 7. The van der Waals surface area contributed by atoms with E-state index in [2.05, 4.69) is 6.58 Å². The maximum absolute atomic E-state index is 11.5. The maximum Gasteiger partial charge on any atom is 0.333 e. The lowest BCUT2D eigenvalue weighted by Gasteiger charge is -2.17. The number of carbonyl (C=O) groups is 3. The normalized spacial score (nSPS) is 15.1. The molecule has 0 aliphatic carbocycles. The van der Waals surface area contributed by atoms with Crippen molar-refractivity contribution in [2.24, 2.45) is 11.8 Å². The smallest absolute Gasteiger partial charge is 0.333 e. The molecule has 0 saturated carbocycles. The fraction of sp³-hybridized carbons (Fsp3) is 0.615. The lowest BCUT2D eigenvalue weighted by Crippen LogP contribution is -2.27. The highest BCUT2D eigenvalue weighted by Gasteiger charge is 2.22. The molecule has 102 valence electrons. The van der Waals surface area contributed by atoms with Gasteiger partial charge in [0.15, 0.2) is 0 Å². The average molecular weight is 256 g/mol. The molecule has 0 heterocycles. The first kappa shape index (κ1) is 16.4. The van der Waals surface area contributed by atoms with Crippen LogP contribution < -0.4 is 0 Å². The number of aldehydes is 1. The molecule has 0 saturated heterocycles. The Morgan fingerprint density at radius 3 is 2.28 bits per heavy atom. The third-order valence-corrected chi connectivity index (χ3v) is 2.49. The number of hydrogen-bond acceptors (Lipinski definition) is 5. The van der Waals surface area contributed by atoms with E-state index in [9.17, 15) is 14.4 Å². The maximum atomic E-state index is 11.5. The van der Waals surface area contributed by atoms with Gasteiger partial charge in [-0.1, -0.05) is 20.4 Å². The number of ether oxygens (including phenoxy) is 2. The summed E-state index contributed by atoms with van der Waals surface area (Å²) in [5.74, 6) is -1.90. The Balaban J connectivity index is 4.09. The molecule has 3 unspecified atom stereocenters. The van der Waals surface area contributed by atoms with Gasteiger partial charge in [-0.25, -0.2) is 4.79 Å². The Hall–Kier alpha value is -1.65. The monoisotopic (exact) mass is 256 g/mol. The Morgan fingerprint density at radius 2 is 1.83 bits per heavy atom. The van der Waals surface area contributed by atoms with Gasteiger partial charge in [-0.15, -0.1) is 0 Å². The van der Waals surface area contributed by atoms with Gasteiger partial charge in [0.1, 0.15) is 19.0 Å². The van der Waals surface area contributed by atoms with Gasteiger partial charge in [0.05, 0.1) is 5.92 Å². The Bertz CT molecular complexity index is 334. The van der Waals surface area contributed by atoms with Crippen LogP contribution in [-0.2, 0) is 23.9 Å². The molecule has 5 heteroatoms. The molecule has 0 fully saturated rings. The van der Waals surface area contributed by atoms with Gasteiger partial charge >= 0.3 is 11.9 Å². The second kappa shape index (κ2) is 7.63. The van der Waals surface area contributed by atoms with Crippen LogP contribution in [0.25, 0.3) is 0 Å². The third kappa shape index (κ3) is 5.61. The van der Waals surface area contributed by atoms with Crippen LogP contribution in [0.1, 0.15) is 27.7 Å². The average Bonchev–Trinajstić information content (AvgIpc) is 2.33. The van der Waals surface area contributed by atoms with Crippen LogP contribution in [-0.4, -0.2) is 30.9 Å². The van der Waals surface area contributed by atoms with Gasteiger partial charge in [-0.3, -0.25) is 4.79 Å². The molecule has 18 heavy (non-hydrogen) atoms. The SMILES string of the molecule is C=C(C)C(=O)OC(C)COC(=O)C(C)C(C)C=O. The van der Waals surface area contributed by atoms with Gasteiger partial charge in [0, 0.05) is 11.5 Å². The minimum atomic E-state index is -0.545. The zero-order valence-electron chi connectivity index (χ0n) is 11.3. The van der Waals surface area contributed by atoms with Gasteiger partial charge in [0.2, 0.25) is 0 Å². The van der Waals surface area contributed by atoms with Crippen molar-refractivity contribution in [2.45, 2.75) is 33.8 Å². The molecular formula is C13H20O5. The zero-order chi connectivity index (χ0) is 14.3. The summed E-state index contributed by atoms with van der Waals surface area (Å²) in [6, 6.07) is 0. The topological polar surface area (TPSA) is 69.7 Å². The molecule has 5 nitrogen and oxygen atoms in total. The second-order valence-electron chi connectivity index (χ2n) is 4.41. The second-order valence-corrected chi connectivity index (χ2v) is 4.41. The van der Waals surface area contributed by atoms with Crippen molar-refractivity contribution in [3.8, 4) is 0 Å². The first-order chi connectivity index (χ1) is 8.29. The Kier molecular flexibility index (Phi) is 6.93. The quantitative estimate of drug-likeness (QED) is 0.392. The zero-order valence-corrected chi connectivity index (χ0v) is 11.3. The summed E-state index contributed by atoms with van der Waals surface area (Å²) < 4.78 is 9.91. The molecular weight excluding hydrogens is 236 g/mol. The molecule has 3 atom stereocenters. The molecule has 0 amide bonds. The minimum Gasteiger partial charge on any atom is -0.462 e. The molecule has 0 aliphatic heterocycles. The third-order valence-electron chi connectivity index (χ3n) is 2.49. The highest BCUT2D eigenvalue weighted by molar-refractivity contribution is 5.87. The van der Waals surface area contributed by atoms with Gasteiger partial charge in [-0.05, 0) is 13.8 Å². The van der Waals surface area contributed by atoms with Crippen molar-refractivity contribution in [1.29, 1.82) is 0 Å². The predicted octanol–water partition coefficient (Wildman–Crippen LogP) is 1.51. The van der Waals surface area contributed by atoms with E-state index in [1.54, 1.807) is 20.8 Å².